The summed E-state index contributed by atoms with van der Waals surface area (Å²) in [4.78, 5) is 5.49. The Hall–Kier alpha value is -1.18. The minimum Gasteiger partial charge on any atom is -1.00 e. The van der Waals surface area contributed by atoms with Gasteiger partial charge >= 0.3 is 11.8 Å². The van der Waals surface area contributed by atoms with Crippen LogP contribution in [0, 0.1) is 0 Å². The average Bonchev–Trinajstić information content (AvgIpc) is 2.10. The molecule has 0 spiro atoms. The molecular weight excluding hydrogens is 243 g/mol. The summed E-state index contributed by atoms with van der Waals surface area (Å²) in [6.07, 6.45) is 0. The highest BCUT2D eigenvalue weighted by atomic mass is 35.5. The highest BCUT2D eigenvalue weighted by Gasteiger charge is 2.14. The van der Waals surface area contributed by atoms with E-state index < -0.39 is 0 Å². The molecular formula is C6H14Cl2N6O. The Bertz CT molecular complexity index is 287. The lowest BCUT2D eigenvalue weighted by molar-refractivity contribution is -0.483. The molecule has 0 aliphatic rings. The zero-order valence-electron chi connectivity index (χ0n) is 7.85. The van der Waals surface area contributed by atoms with Gasteiger partial charge in [0.1, 0.15) is 6.54 Å². The van der Waals surface area contributed by atoms with E-state index in [1.807, 2.05) is 0 Å². The van der Waals surface area contributed by atoms with Crippen molar-refractivity contribution in [1.29, 1.82) is 0 Å². The van der Waals surface area contributed by atoms with E-state index in [4.69, 9.17) is 22.3 Å². The van der Waals surface area contributed by atoms with Crippen LogP contribution >= 0.6 is 0 Å². The maximum Gasteiger partial charge on any atom is 0.442 e. The fourth-order valence-corrected chi connectivity index (χ4v) is 0.850. The molecule has 1 heterocycles. The van der Waals surface area contributed by atoms with E-state index in [0.29, 0.717) is 12.5 Å². The summed E-state index contributed by atoms with van der Waals surface area (Å²) in [6.45, 7) is 0.418. The molecule has 7 nitrogen and oxygen atoms in total. The summed E-state index contributed by atoms with van der Waals surface area (Å²) in [5.41, 5.74) is 16.8. The van der Waals surface area contributed by atoms with Crippen molar-refractivity contribution in [2.75, 3.05) is 35.7 Å². The number of rotatable bonds is 3. The Morgan fingerprint density at radius 1 is 1.07 bits per heavy atom. The molecule has 1 aromatic heterocycles. The topological polar surface area (TPSA) is 139 Å². The van der Waals surface area contributed by atoms with Crippen LogP contribution in [0.25, 0.3) is 0 Å². The zero-order valence-corrected chi connectivity index (χ0v) is 9.36. The van der Waals surface area contributed by atoms with Crippen molar-refractivity contribution < 1.29 is 39.9 Å². The Morgan fingerprint density at radius 2 is 1.53 bits per heavy atom. The van der Waals surface area contributed by atoms with Crippen molar-refractivity contribution in [2.45, 2.75) is 0 Å². The predicted molar refractivity (Wildman–Crippen MR) is 48.4 cm³/mol. The quantitative estimate of drug-likeness (QED) is 0.366. The third-order valence-corrected chi connectivity index (χ3v) is 1.51. The van der Waals surface area contributed by atoms with Gasteiger partial charge in [0, 0.05) is 0 Å². The second kappa shape index (κ2) is 7.16. The van der Waals surface area contributed by atoms with Gasteiger partial charge in [-0.25, -0.2) is 5.32 Å². The van der Waals surface area contributed by atoms with Gasteiger partial charge in [-0.3, -0.25) is 5.73 Å². The first-order chi connectivity index (χ1) is 6.15. The van der Waals surface area contributed by atoms with Gasteiger partial charge in [-0.1, -0.05) is 0 Å². The zero-order chi connectivity index (χ0) is 9.84. The molecule has 0 unspecified atom stereocenters. The molecule has 0 aliphatic carbocycles. The minimum absolute atomic E-state index is 0. The predicted octanol–water partition coefficient (Wildman–Crippen LogP) is -8.53. The summed E-state index contributed by atoms with van der Waals surface area (Å²) in [5.74, 6) is 1.09. The van der Waals surface area contributed by atoms with Gasteiger partial charge in [-0.15, -0.1) is 0 Å². The van der Waals surface area contributed by atoms with Crippen molar-refractivity contribution in [3.63, 3.8) is 0 Å². The number of halogens is 2. The summed E-state index contributed by atoms with van der Waals surface area (Å²) >= 11 is 0. The molecule has 0 amide bonds. The minimum atomic E-state index is 0. The van der Waals surface area contributed by atoms with E-state index in [9.17, 15) is 0 Å². The number of aromatic amines is 2. The van der Waals surface area contributed by atoms with Crippen LogP contribution in [-0.4, -0.2) is 18.3 Å². The average molecular weight is 257 g/mol. The second-order valence-corrected chi connectivity index (χ2v) is 2.52. The van der Waals surface area contributed by atoms with E-state index in [2.05, 4.69) is 15.3 Å². The van der Waals surface area contributed by atoms with E-state index in [1.165, 1.54) is 0 Å². The molecule has 0 bridgehead atoms. The van der Waals surface area contributed by atoms with Gasteiger partial charge < -0.3 is 41.4 Å². The van der Waals surface area contributed by atoms with Gasteiger partial charge in [0.15, 0.2) is 5.69 Å². The number of nitrogen functional groups attached to an aromatic ring is 3. The third-order valence-electron chi connectivity index (χ3n) is 1.51. The number of aromatic nitrogens is 2. The van der Waals surface area contributed by atoms with Crippen molar-refractivity contribution in [3.8, 4) is 0 Å². The Balaban J connectivity index is 0. The lowest BCUT2D eigenvalue weighted by Gasteiger charge is -1.98. The number of anilines is 4. The number of H-pyrrole nitrogens is 2. The lowest BCUT2D eigenvalue weighted by atomic mass is 10.4. The van der Waals surface area contributed by atoms with Crippen LogP contribution in [0.2, 0.25) is 0 Å². The van der Waals surface area contributed by atoms with Crippen LogP contribution in [0.15, 0.2) is 0 Å². The monoisotopic (exact) mass is 256 g/mol. The molecule has 0 saturated carbocycles. The number of nitrogens with one attached hydrogen (secondary N) is 3. The van der Waals surface area contributed by atoms with Crippen LogP contribution in [0.3, 0.4) is 0 Å². The molecule has 0 aromatic carbocycles. The molecule has 0 aliphatic heterocycles. The van der Waals surface area contributed by atoms with Gasteiger partial charge in [0.05, 0.1) is 6.61 Å². The maximum absolute atomic E-state index is 8.54. The molecule has 10 N–H and O–H groups in total. The first kappa shape index (κ1) is 16.3. The molecule has 1 aromatic rings. The van der Waals surface area contributed by atoms with Crippen molar-refractivity contribution >= 4 is 23.3 Å². The van der Waals surface area contributed by atoms with Gasteiger partial charge in [-0.2, -0.15) is 9.97 Å². The number of aliphatic hydroxyl groups is 1. The molecule has 9 heteroatoms. The maximum atomic E-state index is 8.54. The first-order valence-electron chi connectivity index (χ1n) is 3.79. The molecule has 15 heavy (non-hydrogen) atoms. The molecule has 1 rings (SSSR count). The molecule has 88 valence electrons. The first-order valence-corrected chi connectivity index (χ1v) is 3.79. The van der Waals surface area contributed by atoms with Crippen LogP contribution in [0.4, 0.5) is 23.3 Å². The van der Waals surface area contributed by atoms with Crippen LogP contribution < -0.4 is 57.3 Å². The molecule has 0 saturated heterocycles. The number of hydrogen-bond donors (Lipinski definition) is 5. The Labute approximate surface area is 99.3 Å². The number of nitrogens with two attached hydrogens (primary N) is 3. The molecule has 0 fully saturated rings. The van der Waals surface area contributed by atoms with E-state index in [0.717, 1.165) is 0 Å². The number of aliphatic hydroxyl groups excluding tert-OH is 1. The fraction of sp³-hybridized carbons (Fsp3) is 0.333. The van der Waals surface area contributed by atoms with Crippen molar-refractivity contribution in [2.24, 2.45) is 0 Å². The highest BCUT2D eigenvalue weighted by molar-refractivity contribution is 5.66. The lowest BCUT2D eigenvalue weighted by Crippen LogP contribution is -3.00. The SMILES string of the molecule is Nc1[nH+]c(NCCO)[nH+]c(N)c1N.[Cl-].[Cl-]. The third kappa shape index (κ3) is 4.24. The summed E-state index contributed by atoms with van der Waals surface area (Å²) in [7, 11) is 0. The fourth-order valence-electron chi connectivity index (χ4n) is 0.850. The molecule has 0 atom stereocenters. The van der Waals surface area contributed by atoms with Crippen LogP contribution in [0.1, 0.15) is 0 Å². The van der Waals surface area contributed by atoms with E-state index in [-0.39, 0.29) is 48.7 Å². The molecule has 0 radical (unpaired) electrons. The van der Waals surface area contributed by atoms with E-state index in [1.54, 1.807) is 0 Å². The largest absolute Gasteiger partial charge is 1.00 e. The van der Waals surface area contributed by atoms with Crippen LogP contribution in [0.5, 0.6) is 0 Å². The van der Waals surface area contributed by atoms with E-state index >= 15 is 0 Å². The van der Waals surface area contributed by atoms with Crippen LogP contribution in [-0.2, 0) is 0 Å². The summed E-state index contributed by atoms with van der Waals surface area (Å²) < 4.78 is 0. The number of hydrogen-bond acceptors (Lipinski definition) is 5. The highest BCUT2D eigenvalue weighted by Crippen LogP contribution is 2.11. The second-order valence-electron chi connectivity index (χ2n) is 2.52. The Morgan fingerprint density at radius 3 is 1.93 bits per heavy atom. The summed E-state index contributed by atoms with van der Waals surface area (Å²) in [5, 5.41) is 11.4. The Kier molecular flexibility index (Phi) is 7.76. The summed E-state index contributed by atoms with van der Waals surface area (Å²) in [6, 6.07) is 0. The van der Waals surface area contributed by atoms with Gasteiger partial charge in [0.25, 0.3) is 0 Å². The standard InChI is InChI=1S/C6H12N6O.2ClH/c7-3-4(8)11-6(10-1-2-13)12-5(3)9;;/h13H,1-2,7H2,(H5,8,9,10,11,12);2*1H. The van der Waals surface area contributed by atoms with Gasteiger partial charge in [0.2, 0.25) is 5.82 Å². The van der Waals surface area contributed by atoms with Gasteiger partial charge in [-0.05, 0) is 0 Å². The van der Waals surface area contributed by atoms with Crippen molar-refractivity contribution in [3.05, 3.63) is 0 Å². The smallest absolute Gasteiger partial charge is 0.442 e. The normalized spacial score (nSPS) is 8.60. The van der Waals surface area contributed by atoms with Crippen molar-refractivity contribution in [1.82, 2.24) is 0 Å².